The third kappa shape index (κ3) is 3.99. The quantitative estimate of drug-likeness (QED) is 0.462. The van der Waals surface area contributed by atoms with E-state index < -0.39 is 50.6 Å². The maximum Gasteiger partial charge on any atom is 0.257 e. The Bertz CT molecular complexity index is 933. The second-order valence-electron chi connectivity index (χ2n) is 5.14. The molecule has 0 fully saturated rings. The molecule has 2 aromatic rings. The van der Waals surface area contributed by atoms with Crippen LogP contribution in [0.1, 0.15) is 15.9 Å². The van der Waals surface area contributed by atoms with Crippen molar-refractivity contribution in [1.29, 1.82) is 0 Å². The lowest BCUT2D eigenvalue weighted by Crippen LogP contribution is -2.28. The Morgan fingerprint density at radius 2 is 1.35 bits per heavy atom. The molecule has 3 N–H and O–H groups in total. The number of primary sulfonamides is 1. The Hall–Kier alpha value is -2.53. The zero-order chi connectivity index (χ0) is 19.6. The van der Waals surface area contributed by atoms with Crippen molar-refractivity contribution in [2.24, 2.45) is 5.14 Å². The van der Waals surface area contributed by atoms with Gasteiger partial charge in [-0.2, -0.15) is 0 Å². The van der Waals surface area contributed by atoms with Gasteiger partial charge in [0.2, 0.25) is 15.8 Å². The molecule has 0 aromatic heterocycles. The van der Waals surface area contributed by atoms with Crippen molar-refractivity contribution in [3.63, 3.8) is 0 Å². The number of hydrogen-bond acceptors (Lipinski definition) is 3. The Labute approximate surface area is 144 Å². The second-order valence-corrected chi connectivity index (χ2v) is 6.70. The number of sulfonamides is 1. The topological polar surface area (TPSA) is 89.3 Å². The summed E-state index contributed by atoms with van der Waals surface area (Å²) in [6.45, 7) is -0.201. The molecule has 26 heavy (non-hydrogen) atoms. The van der Waals surface area contributed by atoms with Crippen LogP contribution in [0, 0.1) is 29.1 Å². The molecular formula is C15H11F5N2O3S. The highest BCUT2D eigenvalue weighted by Gasteiger charge is 2.29. The van der Waals surface area contributed by atoms with E-state index >= 15 is 0 Å². The molecule has 0 aliphatic rings. The van der Waals surface area contributed by atoms with Crippen LogP contribution in [-0.4, -0.2) is 20.9 Å². The van der Waals surface area contributed by atoms with Gasteiger partial charge in [0.15, 0.2) is 23.3 Å². The molecule has 2 aromatic carbocycles. The van der Waals surface area contributed by atoms with Gasteiger partial charge in [-0.25, -0.2) is 35.5 Å². The highest BCUT2D eigenvalue weighted by atomic mass is 32.2. The number of nitrogens with one attached hydrogen (secondary N) is 1. The summed E-state index contributed by atoms with van der Waals surface area (Å²) in [6.07, 6.45) is 0.103. The Kier molecular flexibility index (Phi) is 5.62. The monoisotopic (exact) mass is 394 g/mol. The number of halogens is 5. The molecule has 0 spiro atoms. The maximum atomic E-state index is 13.5. The van der Waals surface area contributed by atoms with E-state index in [4.69, 9.17) is 5.14 Å². The summed E-state index contributed by atoms with van der Waals surface area (Å²) in [5, 5.41) is 6.96. The second kappa shape index (κ2) is 7.38. The van der Waals surface area contributed by atoms with Crippen LogP contribution < -0.4 is 10.5 Å². The van der Waals surface area contributed by atoms with Crippen molar-refractivity contribution in [2.45, 2.75) is 11.3 Å². The summed E-state index contributed by atoms with van der Waals surface area (Å²) >= 11 is 0. The number of amides is 1. The zero-order valence-corrected chi connectivity index (χ0v) is 13.6. The van der Waals surface area contributed by atoms with Crippen molar-refractivity contribution < 1.29 is 35.2 Å². The highest BCUT2D eigenvalue weighted by Crippen LogP contribution is 2.22. The van der Waals surface area contributed by atoms with Gasteiger partial charge in [0.1, 0.15) is 5.56 Å². The lowest BCUT2D eigenvalue weighted by molar-refractivity contribution is 0.0942. The molecule has 140 valence electrons. The number of benzene rings is 2. The lowest BCUT2D eigenvalue weighted by atomic mass is 10.1. The van der Waals surface area contributed by atoms with Crippen LogP contribution in [0.15, 0.2) is 29.2 Å². The van der Waals surface area contributed by atoms with E-state index in [9.17, 15) is 35.2 Å². The number of carbonyl (C=O) groups is 1. The molecule has 0 atom stereocenters. The molecular weight excluding hydrogens is 383 g/mol. The van der Waals surface area contributed by atoms with Crippen LogP contribution in [0.25, 0.3) is 0 Å². The Balaban J connectivity index is 2.08. The molecule has 0 aliphatic carbocycles. The predicted molar refractivity (Wildman–Crippen MR) is 80.1 cm³/mol. The SMILES string of the molecule is NS(=O)(=O)c1ccc(CCNC(=O)c2c(F)c(F)c(F)c(F)c2F)cc1. The van der Waals surface area contributed by atoms with Gasteiger partial charge >= 0.3 is 0 Å². The molecule has 2 rings (SSSR count). The molecule has 11 heteroatoms. The molecule has 0 heterocycles. The van der Waals surface area contributed by atoms with E-state index in [0.29, 0.717) is 5.56 Å². The first-order valence-electron chi connectivity index (χ1n) is 6.95. The largest absolute Gasteiger partial charge is 0.352 e. The molecule has 5 nitrogen and oxygen atoms in total. The number of hydrogen-bond donors (Lipinski definition) is 2. The summed E-state index contributed by atoms with van der Waals surface area (Å²) in [4.78, 5) is 11.6. The molecule has 0 aliphatic heterocycles. The van der Waals surface area contributed by atoms with E-state index in [1.54, 1.807) is 0 Å². The molecule has 0 bridgehead atoms. The fourth-order valence-electron chi connectivity index (χ4n) is 2.06. The summed E-state index contributed by atoms with van der Waals surface area (Å²) in [7, 11) is -3.87. The molecule has 1 amide bonds. The first kappa shape index (κ1) is 19.8. The highest BCUT2D eigenvalue weighted by molar-refractivity contribution is 7.89. The summed E-state index contributed by atoms with van der Waals surface area (Å²) in [5.41, 5.74) is -1.04. The summed E-state index contributed by atoms with van der Waals surface area (Å²) in [6, 6.07) is 5.22. The van der Waals surface area contributed by atoms with E-state index in [-0.39, 0.29) is 17.9 Å². The number of carbonyl (C=O) groups excluding carboxylic acids is 1. The average molecular weight is 394 g/mol. The van der Waals surface area contributed by atoms with Crippen molar-refractivity contribution >= 4 is 15.9 Å². The smallest absolute Gasteiger partial charge is 0.257 e. The normalized spacial score (nSPS) is 11.5. The van der Waals surface area contributed by atoms with Gasteiger partial charge in [0.05, 0.1) is 4.90 Å². The fraction of sp³-hybridized carbons (Fsp3) is 0.133. The minimum Gasteiger partial charge on any atom is -0.352 e. The van der Waals surface area contributed by atoms with Crippen LogP contribution >= 0.6 is 0 Å². The van der Waals surface area contributed by atoms with Crippen molar-refractivity contribution in [3.8, 4) is 0 Å². The lowest BCUT2D eigenvalue weighted by Gasteiger charge is -2.09. The van der Waals surface area contributed by atoms with Gasteiger partial charge in [-0.1, -0.05) is 12.1 Å². The minimum absolute atomic E-state index is 0.103. The average Bonchev–Trinajstić information content (AvgIpc) is 2.58. The van der Waals surface area contributed by atoms with Crippen LogP contribution in [0.5, 0.6) is 0 Å². The summed E-state index contributed by atoms with van der Waals surface area (Å²) < 4.78 is 88.3. The van der Waals surface area contributed by atoms with Crippen LogP contribution in [0.3, 0.4) is 0 Å². The predicted octanol–water partition coefficient (Wildman–Crippen LogP) is 2.00. The van der Waals surface area contributed by atoms with E-state index in [1.165, 1.54) is 24.3 Å². The van der Waals surface area contributed by atoms with Gasteiger partial charge in [0.25, 0.3) is 5.91 Å². The molecule has 0 unspecified atom stereocenters. The third-order valence-electron chi connectivity index (χ3n) is 3.39. The molecule has 0 saturated carbocycles. The Morgan fingerprint density at radius 3 is 1.81 bits per heavy atom. The van der Waals surface area contributed by atoms with Gasteiger partial charge in [-0.05, 0) is 24.1 Å². The van der Waals surface area contributed by atoms with Gasteiger partial charge in [0, 0.05) is 6.54 Å². The Morgan fingerprint density at radius 1 is 0.885 bits per heavy atom. The van der Waals surface area contributed by atoms with Gasteiger partial charge in [-0.3, -0.25) is 4.79 Å². The van der Waals surface area contributed by atoms with E-state index in [1.807, 2.05) is 5.32 Å². The third-order valence-corrected chi connectivity index (χ3v) is 4.32. The first-order chi connectivity index (χ1) is 12.0. The van der Waals surface area contributed by atoms with E-state index in [0.717, 1.165) is 0 Å². The minimum atomic E-state index is -3.87. The van der Waals surface area contributed by atoms with Crippen LogP contribution in [0.2, 0.25) is 0 Å². The van der Waals surface area contributed by atoms with Crippen LogP contribution in [0.4, 0.5) is 22.0 Å². The molecule has 0 radical (unpaired) electrons. The standard InChI is InChI=1S/C15H11F5N2O3S/c16-10-9(11(17)13(19)14(20)12(10)18)15(23)22-6-5-7-1-3-8(4-2-7)26(21,24)25/h1-4H,5-6H2,(H,22,23)(H2,21,24,25). The number of rotatable bonds is 5. The van der Waals surface area contributed by atoms with Gasteiger partial charge < -0.3 is 5.32 Å². The first-order valence-corrected chi connectivity index (χ1v) is 8.50. The molecule has 0 saturated heterocycles. The van der Waals surface area contributed by atoms with Crippen molar-refractivity contribution in [3.05, 3.63) is 64.5 Å². The van der Waals surface area contributed by atoms with E-state index in [2.05, 4.69) is 0 Å². The van der Waals surface area contributed by atoms with Gasteiger partial charge in [-0.15, -0.1) is 0 Å². The maximum absolute atomic E-state index is 13.5. The fourth-order valence-corrected chi connectivity index (χ4v) is 2.57. The number of nitrogens with two attached hydrogens (primary N) is 1. The zero-order valence-electron chi connectivity index (χ0n) is 12.8. The van der Waals surface area contributed by atoms with Crippen molar-refractivity contribution in [1.82, 2.24) is 5.32 Å². The summed E-state index contributed by atoms with van der Waals surface area (Å²) in [5.74, 6) is -12.7. The van der Waals surface area contributed by atoms with Crippen molar-refractivity contribution in [2.75, 3.05) is 6.54 Å². The van der Waals surface area contributed by atoms with Crippen LogP contribution in [-0.2, 0) is 16.4 Å².